The van der Waals surface area contributed by atoms with Crippen molar-refractivity contribution in [1.29, 1.82) is 0 Å². The fourth-order valence-electron chi connectivity index (χ4n) is 1.65. The van der Waals surface area contributed by atoms with Gasteiger partial charge in [-0.2, -0.15) is 0 Å². The van der Waals surface area contributed by atoms with Crippen LogP contribution in [0.5, 0.6) is 0 Å². The van der Waals surface area contributed by atoms with Crippen LogP contribution in [0, 0.1) is 0 Å². The summed E-state index contributed by atoms with van der Waals surface area (Å²) >= 11 is -0.887. The van der Waals surface area contributed by atoms with Crippen molar-refractivity contribution in [1.82, 2.24) is 0 Å². The van der Waals surface area contributed by atoms with E-state index in [0.717, 1.165) is 0 Å². The van der Waals surface area contributed by atoms with E-state index < -0.39 is 61.7 Å². The van der Waals surface area contributed by atoms with Crippen molar-refractivity contribution in [2.45, 2.75) is 0 Å². The molecule has 1 heterocycles. The van der Waals surface area contributed by atoms with Crippen LogP contribution in [0.15, 0.2) is 0 Å². The third-order valence-electron chi connectivity index (χ3n) is 2.92. The van der Waals surface area contributed by atoms with E-state index in [4.69, 9.17) is 95.2 Å². The van der Waals surface area contributed by atoms with Crippen molar-refractivity contribution in [3.05, 3.63) is 0 Å². The molecule has 4 radical (unpaired) electrons. The Bertz CT molecular complexity index is 502. The van der Waals surface area contributed by atoms with Gasteiger partial charge in [0.05, 0.1) is 52.9 Å². The fourth-order valence-corrected chi connectivity index (χ4v) is 1.65. The molecule has 0 aromatic carbocycles. The van der Waals surface area contributed by atoms with Crippen LogP contribution in [0.1, 0.15) is 0 Å². The fraction of sp³-hybridized carbons (Fsp3) is 0.750. The Hall–Kier alpha value is 2.65. The topological polar surface area (TPSA) is 142 Å². The molecule has 24 heteroatoms. The number of carbonyl (C=O) groups excluding carboxylic acids is 4. The van der Waals surface area contributed by atoms with Gasteiger partial charge in [-0.1, -0.05) is 0 Å². The van der Waals surface area contributed by atoms with E-state index >= 15 is 0 Å². The van der Waals surface area contributed by atoms with Crippen LogP contribution in [0.4, 0.5) is 0 Å². The van der Waals surface area contributed by atoms with E-state index in [2.05, 4.69) is 18.9 Å². The number of hydrogen-bond acceptors (Lipinski definition) is 12. The molecular formula is C16H24Cl8Co2O12Sn2. The van der Waals surface area contributed by atoms with Crippen LogP contribution in [-0.4, -0.2) is 141 Å². The van der Waals surface area contributed by atoms with Gasteiger partial charge in [0.15, 0.2) is 0 Å². The summed E-state index contributed by atoms with van der Waals surface area (Å²) in [5.74, 6) is -4.47. The van der Waals surface area contributed by atoms with Crippen LogP contribution in [0.3, 0.4) is 0 Å². The van der Waals surface area contributed by atoms with Crippen LogP contribution >= 0.6 is 76.3 Å². The number of halogens is 8. The van der Waals surface area contributed by atoms with Crippen molar-refractivity contribution in [2.75, 3.05) is 79.3 Å². The Morgan fingerprint density at radius 3 is 0.675 bits per heavy atom. The number of cyclic esters (lactones) is 4. The third-order valence-corrected chi connectivity index (χ3v) is 2.92. The van der Waals surface area contributed by atoms with Gasteiger partial charge in [0.1, 0.15) is 26.4 Å². The summed E-state index contributed by atoms with van der Waals surface area (Å²) in [6, 6.07) is 0. The molecule has 0 unspecified atom stereocenters. The van der Waals surface area contributed by atoms with Gasteiger partial charge in [-0.05, 0) is 0 Å². The predicted octanol–water partition coefficient (Wildman–Crippen LogP) is 2.99. The molecule has 0 saturated carbocycles. The molecule has 12 nitrogen and oxygen atoms in total. The Labute approximate surface area is 296 Å². The quantitative estimate of drug-likeness (QED) is 0.153. The van der Waals surface area contributed by atoms with Crippen molar-refractivity contribution >= 4 is 138 Å². The molecule has 0 aromatic rings. The molecular weight excluding hydrogens is 1020 g/mol. The van der Waals surface area contributed by atoms with Crippen LogP contribution in [0.2, 0.25) is 0 Å². The Morgan fingerprint density at radius 2 is 0.525 bits per heavy atom. The molecule has 242 valence electrons. The van der Waals surface area contributed by atoms with E-state index in [-0.39, 0.29) is 79.3 Å². The van der Waals surface area contributed by atoms with Crippen LogP contribution in [0.25, 0.3) is 0 Å². The molecule has 0 atom stereocenters. The minimum absolute atomic E-state index is 0.0618. The first-order chi connectivity index (χ1) is 19.3. The zero-order valence-electron chi connectivity index (χ0n) is 20.1. The second-order valence-corrected chi connectivity index (χ2v) is 17.2. The van der Waals surface area contributed by atoms with E-state index in [1.165, 1.54) is 0 Å². The first kappa shape index (κ1) is 49.5. The van der Waals surface area contributed by atoms with Gasteiger partial charge in [-0.3, -0.25) is 0 Å². The van der Waals surface area contributed by atoms with Crippen molar-refractivity contribution in [2.24, 2.45) is 0 Å². The van der Waals surface area contributed by atoms with Gasteiger partial charge in [-0.15, -0.1) is 0 Å². The minimum atomic E-state index is -1.12. The normalized spacial score (nSPS) is 17.0. The molecule has 1 fully saturated rings. The molecule has 1 aliphatic heterocycles. The van der Waals surface area contributed by atoms with E-state index in [1.54, 1.807) is 0 Å². The van der Waals surface area contributed by atoms with Gasteiger partial charge < -0.3 is 37.9 Å². The third kappa shape index (κ3) is 47.6. The summed E-state index contributed by atoms with van der Waals surface area (Å²) < 4.78 is 39.2. The van der Waals surface area contributed by atoms with Gasteiger partial charge in [0.25, 0.3) is 0 Å². The standard InChI is InChI=1S/C16H24O12.8ClH.2Co.2Sn/c17-13-14(18)27-11-7-23-3-4-24-8-12-28-16(20)15(19)26-10-6-22-2-1-21-5-9-25-13;;;;;;;;;;;;/h1-12H2;8*1H;;;;/q;;;;;;;;;4*+2/p-8. The molecule has 40 heavy (non-hydrogen) atoms. The summed E-state index contributed by atoms with van der Waals surface area (Å²) in [6.07, 6.45) is 0. The van der Waals surface area contributed by atoms with Gasteiger partial charge in [-0.25, -0.2) is 19.2 Å². The van der Waals surface area contributed by atoms with Crippen molar-refractivity contribution in [3.63, 3.8) is 0 Å². The molecule has 1 saturated heterocycles. The van der Waals surface area contributed by atoms with E-state index in [1.807, 2.05) is 0 Å². The van der Waals surface area contributed by atoms with E-state index in [0.29, 0.717) is 25.8 Å². The number of carbonyl (C=O) groups is 4. The first-order valence-electron chi connectivity index (χ1n) is 9.86. The molecule has 0 amide bonds. The summed E-state index contributed by atoms with van der Waals surface area (Å²) in [6.45, 7) is 0.512. The van der Waals surface area contributed by atoms with Crippen molar-refractivity contribution < 1.29 is 82.9 Å². The molecule has 0 aliphatic carbocycles. The van der Waals surface area contributed by atoms with Gasteiger partial charge in [0.2, 0.25) is 0 Å². The second-order valence-electron chi connectivity index (χ2n) is 5.23. The average molecular weight is 1050 g/mol. The summed E-state index contributed by atoms with van der Waals surface area (Å²) in [4.78, 5) is 45.4. The zero-order chi connectivity index (χ0) is 31.3. The molecule has 0 aromatic heterocycles. The summed E-state index contributed by atoms with van der Waals surface area (Å²) in [5.41, 5.74) is 0. The molecule has 0 spiro atoms. The summed E-state index contributed by atoms with van der Waals surface area (Å²) in [5, 5.41) is 0. The number of ether oxygens (including phenoxy) is 8. The second kappa shape index (κ2) is 46.1. The Kier molecular flexibility index (Phi) is 57.0. The number of rotatable bonds is 0. The monoisotopic (exact) mass is 1050 g/mol. The molecule has 0 bridgehead atoms. The number of hydrogen-bond donors (Lipinski definition) is 0. The maximum atomic E-state index is 11.4. The average Bonchev–Trinajstić information content (AvgIpc) is 2.91. The van der Waals surface area contributed by atoms with Gasteiger partial charge in [0, 0.05) is 0 Å². The van der Waals surface area contributed by atoms with Crippen molar-refractivity contribution in [3.8, 4) is 0 Å². The molecule has 0 N–H and O–H groups in total. The molecule has 1 aliphatic rings. The van der Waals surface area contributed by atoms with Gasteiger partial charge >= 0.3 is 164 Å². The first-order valence-corrected chi connectivity index (χ1v) is 30.0. The van der Waals surface area contributed by atoms with Crippen LogP contribution < -0.4 is 0 Å². The van der Waals surface area contributed by atoms with Crippen LogP contribution in [-0.2, 0) is 82.9 Å². The summed E-state index contributed by atoms with van der Waals surface area (Å²) in [7, 11) is 38.7. The Balaban J connectivity index is -0.000000459. The zero-order valence-corrected chi connectivity index (χ0v) is 33.9. The molecule has 1 rings (SSSR count). The Morgan fingerprint density at radius 1 is 0.400 bits per heavy atom. The van der Waals surface area contributed by atoms with E-state index in [9.17, 15) is 19.2 Å². The number of esters is 4. The maximum absolute atomic E-state index is 11.4. The SMILES string of the molecule is O=C1OCCOCCOCCOC(=O)C(=O)OCCOCCOCCOC1=O.[Cl][Co][Cl].[Cl][Co][Cl].[Cl][Sn][Cl].[Cl][Sn][Cl]. The predicted molar refractivity (Wildman–Crippen MR) is 145 cm³/mol.